The summed E-state index contributed by atoms with van der Waals surface area (Å²) in [5.74, 6) is -0.0567. The van der Waals surface area contributed by atoms with Crippen LogP contribution in [0.5, 0.6) is 0 Å². The summed E-state index contributed by atoms with van der Waals surface area (Å²) in [6, 6.07) is 13.3. The molecule has 0 fully saturated rings. The van der Waals surface area contributed by atoms with E-state index in [0.29, 0.717) is 16.6 Å². The lowest BCUT2D eigenvalue weighted by atomic mass is 10.1. The lowest BCUT2D eigenvalue weighted by Gasteiger charge is -2.09. The highest BCUT2D eigenvalue weighted by molar-refractivity contribution is 6.31. The molecule has 1 amide bonds. The second-order valence-corrected chi connectivity index (χ2v) is 5.89. The number of nitrogens with one attached hydrogen (secondary N) is 2. The van der Waals surface area contributed by atoms with Crippen LogP contribution in [0, 0.1) is 6.92 Å². The van der Waals surface area contributed by atoms with Crippen molar-refractivity contribution in [3.8, 4) is 0 Å². The Labute approximate surface area is 140 Å². The minimum atomic E-state index is -0.0567. The van der Waals surface area contributed by atoms with Gasteiger partial charge in [-0.05, 0) is 48.7 Å². The van der Waals surface area contributed by atoms with Crippen molar-refractivity contribution in [3.63, 3.8) is 0 Å². The maximum atomic E-state index is 11.8. The molecule has 0 atom stereocenters. The highest BCUT2D eigenvalue weighted by Crippen LogP contribution is 2.19. The van der Waals surface area contributed by atoms with Gasteiger partial charge in [0.1, 0.15) is 0 Å². The predicted octanol–water partition coefficient (Wildman–Crippen LogP) is 4.07. The molecule has 22 heavy (non-hydrogen) atoms. The summed E-state index contributed by atoms with van der Waals surface area (Å²) >= 11 is 12.0. The van der Waals surface area contributed by atoms with Gasteiger partial charge in [-0.1, -0.05) is 41.4 Å². The first-order valence-electron chi connectivity index (χ1n) is 7.06. The van der Waals surface area contributed by atoms with E-state index in [-0.39, 0.29) is 12.5 Å². The first-order valence-corrected chi connectivity index (χ1v) is 7.81. The van der Waals surface area contributed by atoms with Crippen molar-refractivity contribution in [3.05, 3.63) is 63.6 Å². The van der Waals surface area contributed by atoms with Gasteiger partial charge in [0, 0.05) is 22.3 Å². The maximum Gasteiger partial charge on any atom is 0.239 e. The minimum absolute atomic E-state index is 0.0567. The monoisotopic (exact) mass is 336 g/mol. The lowest BCUT2D eigenvalue weighted by molar-refractivity contribution is -0.119. The van der Waals surface area contributed by atoms with E-state index in [4.69, 9.17) is 23.2 Å². The summed E-state index contributed by atoms with van der Waals surface area (Å²) < 4.78 is 0. The summed E-state index contributed by atoms with van der Waals surface area (Å²) in [5, 5.41) is 7.32. The highest BCUT2D eigenvalue weighted by atomic mass is 35.5. The van der Waals surface area contributed by atoms with E-state index in [0.717, 1.165) is 23.2 Å². The zero-order valence-corrected chi connectivity index (χ0v) is 13.8. The van der Waals surface area contributed by atoms with Gasteiger partial charge in [0.05, 0.1) is 6.54 Å². The molecular formula is C17H18Cl2N2O. The third kappa shape index (κ3) is 5.24. The molecule has 0 spiro atoms. The third-order valence-electron chi connectivity index (χ3n) is 3.25. The Balaban J connectivity index is 1.72. The highest BCUT2D eigenvalue weighted by Gasteiger charge is 2.03. The van der Waals surface area contributed by atoms with E-state index in [9.17, 15) is 4.79 Å². The smallest absolute Gasteiger partial charge is 0.239 e. The standard InChI is InChI=1S/C17H18Cl2N2O/c1-12-5-6-15(10-16(12)19)21-11-17(22)20-8-7-13-3-2-4-14(18)9-13/h2-6,9-10,21H,7-8,11H2,1H3,(H,20,22). The molecule has 0 heterocycles. The number of carbonyl (C=O) groups excluding carboxylic acids is 1. The number of amides is 1. The summed E-state index contributed by atoms with van der Waals surface area (Å²) in [6.45, 7) is 2.74. The Hall–Kier alpha value is -1.71. The van der Waals surface area contributed by atoms with Crippen LogP contribution in [-0.2, 0) is 11.2 Å². The molecule has 0 saturated heterocycles. The molecule has 3 nitrogen and oxygen atoms in total. The van der Waals surface area contributed by atoms with Crippen LogP contribution < -0.4 is 10.6 Å². The Morgan fingerprint density at radius 3 is 2.68 bits per heavy atom. The molecule has 0 radical (unpaired) electrons. The predicted molar refractivity (Wildman–Crippen MR) is 92.8 cm³/mol. The molecule has 0 saturated carbocycles. The zero-order chi connectivity index (χ0) is 15.9. The van der Waals surface area contributed by atoms with E-state index in [1.54, 1.807) is 0 Å². The van der Waals surface area contributed by atoms with Crippen molar-refractivity contribution in [1.29, 1.82) is 0 Å². The first-order chi connectivity index (χ1) is 10.5. The van der Waals surface area contributed by atoms with Crippen LogP contribution in [0.4, 0.5) is 5.69 Å². The van der Waals surface area contributed by atoms with E-state index in [1.807, 2.05) is 49.4 Å². The molecule has 0 aromatic heterocycles. The van der Waals surface area contributed by atoms with Crippen LogP contribution in [0.1, 0.15) is 11.1 Å². The van der Waals surface area contributed by atoms with Gasteiger partial charge in [0.25, 0.3) is 0 Å². The molecule has 2 aromatic rings. The van der Waals surface area contributed by atoms with Gasteiger partial charge in [-0.25, -0.2) is 0 Å². The number of anilines is 1. The van der Waals surface area contributed by atoms with Crippen LogP contribution >= 0.6 is 23.2 Å². The Morgan fingerprint density at radius 1 is 1.14 bits per heavy atom. The van der Waals surface area contributed by atoms with Crippen molar-refractivity contribution in [2.24, 2.45) is 0 Å². The fraction of sp³-hybridized carbons (Fsp3) is 0.235. The van der Waals surface area contributed by atoms with Crippen LogP contribution in [0.15, 0.2) is 42.5 Å². The van der Waals surface area contributed by atoms with Gasteiger partial charge in [-0.2, -0.15) is 0 Å². The van der Waals surface area contributed by atoms with Gasteiger partial charge < -0.3 is 10.6 Å². The van der Waals surface area contributed by atoms with Crippen molar-refractivity contribution >= 4 is 34.8 Å². The first kappa shape index (κ1) is 16.7. The molecule has 0 unspecified atom stereocenters. The van der Waals surface area contributed by atoms with E-state index >= 15 is 0 Å². The normalized spacial score (nSPS) is 10.3. The van der Waals surface area contributed by atoms with Gasteiger partial charge in [0.15, 0.2) is 0 Å². The maximum absolute atomic E-state index is 11.8. The molecule has 5 heteroatoms. The third-order valence-corrected chi connectivity index (χ3v) is 3.89. The number of carbonyl (C=O) groups is 1. The molecule has 0 aliphatic rings. The molecule has 0 aliphatic carbocycles. The quantitative estimate of drug-likeness (QED) is 0.834. The Morgan fingerprint density at radius 2 is 1.95 bits per heavy atom. The van der Waals surface area contributed by atoms with Gasteiger partial charge in [-0.3, -0.25) is 4.79 Å². The average Bonchev–Trinajstić information content (AvgIpc) is 2.48. The van der Waals surface area contributed by atoms with Crippen molar-refractivity contribution in [1.82, 2.24) is 5.32 Å². The average molecular weight is 337 g/mol. The van der Waals surface area contributed by atoms with Crippen LogP contribution in [-0.4, -0.2) is 19.0 Å². The van der Waals surface area contributed by atoms with Crippen LogP contribution in [0.25, 0.3) is 0 Å². The SMILES string of the molecule is Cc1ccc(NCC(=O)NCCc2cccc(Cl)c2)cc1Cl. The van der Waals surface area contributed by atoms with E-state index in [1.165, 1.54) is 0 Å². The fourth-order valence-electron chi connectivity index (χ4n) is 1.99. The Kier molecular flexibility index (Phi) is 6.10. The summed E-state index contributed by atoms with van der Waals surface area (Å²) in [7, 11) is 0. The molecular weight excluding hydrogens is 319 g/mol. The van der Waals surface area contributed by atoms with Crippen molar-refractivity contribution in [2.75, 3.05) is 18.4 Å². The van der Waals surface area contributed by atoms with Gasteiger partial charge in [0.2, 0.25) is 5.91 Å². The summed E-state index contributed by atoms with van der Waals surface area (Å²) in [6.07, 6.45) is 0.753. The molecule has 116 valence electrons. The van der Waals surface area contributed by atoms with Gasteiger partial charge in [-0.15, -0.1) is 0 Å². The van der Waals surface area contributed by atoms with Gasteiger partial charge >= 0.3 is 0 Å². The lowest BCUT2D eigenvalue weighted by Crippen LogP contribution is -2.31. The number of halogens is 2. The molecule has 2 rings (SSSR count). The number of benzene rings is 2. The van der Waals surface area contributed by atoms with Crippen molar-refractivity contribution < 1.29 is 4.79 Å². The number of rotatable bonds is 6. The van der Waals surface area contributed by atoms with Crippen LogP contribution in [0.3, 0.4) is 0 Å². The van der Waals surface area contributed by atoms with Crippen LogP contribution in [0.2, 0.25) is 10.0 Å². The molecule has 2 aromatic carbocycles. The molecule has 2 N–H and O–H groups in total. The minimum Gasteiger partial charge on any atom is -0.376 e. The number of hydrogen-bond donors (Lipinski definition) is 2. The van der Waals surface area contributed by atoms with E-state index < -0.39 is 0 Å². The zero-order valence-electron chi connectivity index (χ0n) is 12.3. The molecule has 0 bridgehead atoms. The Bertz CT molecular complexity index is 659. The van der Waals surface area contributed by atoms with Crippen molar-refractivity contribution in [2.45, 2.75) is 13.3 Å². The largest absolute Gasteiger partial charge is 0.376 e. The fourth-order valence-corrected chi connectivity index (χ4v) is 2.38. The number of hydrogen-bond acceptors (Lipinski definition) is 2. The van der Waals surface area contributed by atoms with E-state index in [2.05, 4.69) is 10.6 Å². The summed E-state index contributed by atoms with van der Waals surface area (Å²) in [5.41, 5.74) is 2.95. The second kappa shape index (κ2) is 8.06. The molecule has 0 aliphatic heterocycles. The number of aryl methyl sites for hydroxylation is 1. The summed E-state index contributed by atoms with van der Waals surface area (Å²) in [4.78, 5) is 11.8. The topological polar surface area (TPSA) is 41.1 Å². The second-order valence-electron chi connectivity index (χ2n) is 5.05.